The van der Waals surface area contributed by atoms with Gasteiger partial charge in [0.2, 0.25) is 5.60 Å². The summed E-state index contributed by atoms with van der Waals surface area (Å²) in [5.74, 6) is -0.488. The van der Waals surface area contributed by atoms with E-state index in [1.807, 2.05) is 0 Å². The van der Waals surface area contributed by atoms with Crippen LogP contribution in [0.4, 0.5) is 10.6 Å². The molecule has 1 saturated heterocycles. The van der Waals surface area contributed by atoms with E-state index in [0.29, 0.717) is 11.2 Å². The third-order valence-electron chi connectivity index (χ3n) is 5.13. The Morgan fingerprint density at radius 1 is 1.32 bits per heavy atom. The Kier molecular flexibility index (Phi) is 6.07. The summed E-state index contributed by atoms with van der Waals surface area (Å²) in [4.78, 5) is 27.8. The zero-order chi connectivity index (χ0) is 23.0. The molecule has 0 spiro atoms. The maximum absolute atomic E-state index is 12.0. The molecule has 0 radical (unpaired) electrons. The second-order valence-electron chi connectivity index (χ2n) is 7.75. The number of nitrogens with zero attached hydrogens (tertiary/aromatic N) is 3. The van der Waals surface area contributed by atoms with Gasteiger partial charge in [0.05, 0.1) is 12.3 Å². The number of anilines is 1. The maximum Gasteiger partial charge on any atom is 0.509 e. The van der Waals surface area contributed by atoms with Crippen LogP contribution in [0, 0.1) is 0 Å². The minimum absolute atomic E-state index is 0.129. The molecule has 170 valence electrons. The van der Waals surface area contributed by atoms with Crippen molar-refractivity contribution in [3.63, 3.8) is 0 Å². The Labute approximate surface area is 177 Å². The quantitative estimate of drug-likeness (QED) is 0.525. The number of hydrogen-bond donors (Lipinski definition) is 3. The summed E-state index contributed by atoms with van der Waals surface area (Å²) >= 11 is 0. The third kappa shape index (κ3) is 4.13. The van der Waals surface area contributed by atoms with Gasteiger partial charge in [-0.2, -0.15) is 5.10 Å². The van der Waals surface area contributed by atoms with Gasteiger partial charge in [-0.25, -0.2) is 19.1 Å². The predicted octanol–water partition coefficient (Wildman–Crippen LogP) is 0.142. The lowest BCUT2D eigenvalue weighted by molar-refractivity contribution is -0.164. The first-order chi connectivity index (χ1) is 14.5. The van der Waals surface area contributed by atoms with E-state index in [9.17, 15) is 19.8 Å². The van der Waals surface area contributed by atoms with Crippen LogP contribution < -0.4 is 5.73 Å². The first-order valence-corrected chi connectivity index (χ1v) is 9.67. The van der Waals surface area contributed by atoms with Crippen molar-refractivity contribution in [2.24, 2.45) is 0 Å². The van der Waals surface area contributed by atoms with Gasteiger partial charge in [-0.1, -0.05) is 0 Å². The molecule has 12 heteroatoms. The molecule has 0 amide bonds. The van der Waals surface area contributed by atoms with Crippen LogP contribution in [0.25, 0.3) is 5.52 Å². The summed E-state index contributed by atoms with van der Waals surface area (Å²) in [6, 6.07) is 3.31. The lowest BCUT2D eigenvalue weighted by Crippen LogP contribution is -2.40. The molecule has 3 heterocycles. The van der Waals surface area contributed by atoms with E-state index in [1.165, 1.54) is 24.7 Å². The summed E-state index contributed by atoms with van der Waals surface area (Å²) in [7, 11) is 0. The molecular weight excluding hydrogens is 412 g/mol. The minimum Gasteiger partial charge on any atom is -0.463 e. The van der Waals surface area contributed by atoms with E-state index >= 15 is 0 Å². The first kappa shape index (κ1) is 22.7. The van der Waals surface area contributed by atoms with Gasteiger partial charge in [-0.05, 0) is 39.8 Å². The Morgan fingerprint density at radius 2 is 2.03 bits per heavy atom. The smallest absolute Gasteiger partial charge is 0.463 e. The first-order valence-electron chi connectivity index (χ1n) is 9.67. The highest BCUT2D eigenvalue weighted by Crippen LogP contribution is 2.40. The number of carbonyl (C=O) groups excluding carboxylic acids is 2. The van der Waals surface area contributed by atoms with Crippen molar-refractivity contribution in [3.8, 4) is 0 Å². The second kappa shape index (κ2) is 8.29. The Balaban J connectivity index is 1.70. The van der Waals surface area contributed by atoms with Gasteiger partial charge in [0.15, 0.2) is 5.82 Å². The van der Waals surface area contributed by atoms with Gasteiger partial charge < -0.3 is 34.9 Å². The largest absolute Gasteiger partial charge is 0.509 e. The number of aliphatic hydroxyl groups is 2. The number of nitrogens with two attached hydrogens (primary N) is 1. The van der Waals surface area contributed by atoms with Gasteiger partial charge in [-0.3, -0.25) is 0 Å². The van der Waals surface area contributed by atoms with Crippen molar-refractivity contribution in [1.29, 1.82) is 0 Å². The fraction of sp³-hybridized carbons (Fsp3) is 0.579. The normalized spacial score (nSPS) is 26.1. The number of rotatable bonds is 6. The van der Waals surface area contributed by atoms with Gasteiger partial charge >= 0.3 is 12.1 Å². The van der Waals surface area contributed by atoms with Crippen LogP contribution in [-0.4, -0.2) is 74.1 Å². The number of hydrogen-bond acceptors (Lipinski definition) is 11. The number of nitrogen functional groups attached to an aromatic ring is 1. The molecule has 12 nitrogen and oxygen atoms in total. The molecule has 31 heavy (non-hydrogen) atoms. The Bertz CT molecular complexity index is 977. The van der Waals surface area contributed by atoms with Crippen LogP contribution in [0.3, 0.4) is 0 Å². The van der Waals surface area contributed by atoms with Crippen LogP contribution in [0.1, 0.15) is 33.4 Å². The topological polar surface area (TPSA) is 168 Å². The minimum atomic E-state index is -1.55. The zero-order valence-corrected chi connectivity index (χ0v) is 17.6. The number of aromatic nitrogens is 3. The number of esters is 1. The summed E-state index contributed by atoms with van der Waals surface area (Å²) in [6.45, 7) is 5.62. The molecule has 1 fully saturated rings. The van der Waals surface area contributed by atoms with E-state index in [1.54, 1.807) is 26.0 Å². The van der Waals surface area contributed by atoms with E-state index < -0.39 is 48.2 Å². The summed E-state index contributed by atoms with van der Waals surface area (Å²) in [5, 5.41) is 25.3. The second-order valence-corrected chi connectivity index (χ2v) is 7.75. The van der Waals surface area contributed by atoms with Crippen molar-refractivity contribution in [2.45, 2.75) is 57.2 Å². The fourth-order valence-electron chi connectivity index (χ4n) is 3.39. The van der Waals surface area contributed by atoms with Crippen molar-refractivity contribution in [3.05, 3.63) is 24.2 Å². The summed E-state index contributed by atoms with van der Waals surface area (Å²) in [5.41, 5.74) is 3.84. The number of fused-ring (bicyclic) bond motifs is 1. The molecule has 1 aliphatic heterocycles. The van der Waals surface area contributed by atoms with Gasteiger partial charge in [0.1, 0.15) is 42.4 Å². The Morgan fingerprint density at radius 3 is 2.71 bits per heavy atom. The molecule has 2 aromatic heterocycles. The van der Waals surface area contributed by atoms with Gasteiger partial charge in [0.25, 0.3) is 0 Å². The molecule has 4 atom stereocenters. The van der Waals surface area contributed by atoms with E-state index in [4.69, 9.17) is 24.7 Å². The van der Waals surface area contributed by atoms with Crippen molar-refractivity contribution >= 4 is 23.5 Å². The van der Waals surface area contributed by atoms with Crippen LogP contribution >= 0.6 is 0 Å². The van der Waals surface area contributed by atoms with Crippen LogP contribution in [-0.2, 0) is 29.3 Å². The molecule has 0 bridgehead atoms. The van der Waals surface area contributed by atoms with Gasteiger partial charge in [0, 0.05) is 0 Å². The van der Waals surface area contributed by atoms with Crippen LogP contribution in [0.5, 0.6) is 0 Å². The predicted molar refractivity (Wildman–Crippen MR) is 105 cm³/mol. The van der Waals surface area contributed by atoms with Crippen molar-refractivity contribution in [1.82, 2.24) is 14.6 Å². The number of ether oxygens (including phenoxy) is 4. The average Bonchev–Trinajstić information content (AvgIpc) is 3.23. The monoisotopic (exact) mass is 438 g/mol. The Hall–Kier alpha value is -2.96. The molecule has 4 N–H and O–H groups in total. The average molecular weight is 438 g/mol. The summed E-state index contributed by atoms with van der Waals surface area (Å²) < 4.78 is 22.2. The standard InChI is InChI=1S/C19H26N4O8/c1-5-28-16(26)18(2,3)31-17(27)29-8-11-13(24)14(25)19(4,30-11)12-7-6-10-15(20)21-9-22-23(10)12/h6-7,9,11,13-14,24-25H,5,8H2,1-4H3,(H2,20,21,22)/t11-,13-,14-,19+/m1/s1. The lowest BCUT2D eigenvalue weighted by atomic mass is 9.93. The van der Waals surface area contributed by atoms with E-state index in [0.717, 1.165) is 0 Å². The van der Waals surface area contributed by atoms with E-state index in [2.05, 4.69) is 10.1 Å². The molecule has 2 aromatic rings. The molecule has 0 aromatic carbocycles. The highest BCUT2D eigenvalue weighted by molar-refractivity contribution is 5.81. The highest BCUT2D eigenvalue weighted by Gasteiger charge is 2.54. The molecule has 0 aliphatic carbocycles. The van der Waals surface area contributed by atoms with Crippen LogP contribution in [0.15, 0.2) is 18.5 Å². The molecule has 3 rings (SSSR count). The SMILES string of the molecule is CCOC(=O)C(C)(C)OC(=O)OC[C@H]1O[C@@](C)(c2ccc3c(N)ncnn23)[C@H](O)[C@@H]1O. The fourth-order valence-corrected chi connectivity index (χ4v) is 3.39. The third-order valence-corrected chi connectivity index (χ3v) is 5.13. The molecule has 0 unspecified atom stereocenters. The highest BCUT2D eigenvalue weighted by atomic mass is 16.7. The lowest BCUT2D eigenvalue weighted by Gasteiger charge is -2.27. The number of carbonyl (C=O) groups is 2. The number of aliphatic hydroxyl groups excluding tert-OH is 2. The molecule has 1 aliphatic rings. The van der Waals surface area contributed by atoms with Crippen molar-refractivity contribution in [2.75, 3.05) is 18.9 Å². The van der Waals surface area contributed by atoms with Gasteiger partial charge in [-0.15, -0.1) is 0 Å². The van der Waals surface area contributed by atoms with E-state index in [-0.39, 0.29) is 12.4 Å². The molecule has 0 saturated carbocycles. The van der Waals surface area contributed by atoms with Crippen molar-refractivity contribution < 1.29 is 38.7 Å². The molecular formula is C19H26N4O8. The van der Waals surface area contributed by atoms with Crippen LogP contribution in [0.2, 0.25) is 0 Å². The zero-order valence-electron chi connectivity index (χ0n) is 17.6. The summed E-state index contributed by atoms with van der Waals surface area (Å²) in [6.07, 6.45) is -3.69. The maximum atomic E-state index is 12.0.